The molecule has 0 N–H and O–H groups in total. The Balaban J connectivity index is 2.20. The lowest BCUT2D eigenvalue weighted by molar-refractivity contribution is -0.150. The quantitative estimate of drug-likeness (QED) is 0.427. The number of aldehydes is 1. The van der Waals surface area contributed by atoms with Crippen molar-refractivity contribution in [2.75, 3.05) is 6.61 Å². The topological polar surface area (TPSA) is 52.6 Å². The van der Waals surface area contributed by atoms with Gasteiger partial charge in [-0.15, -0.1) is 0 Å². The molecular weight excluding hydrogens is 292 g/mol. The zero-order chi connectivity index (χ0) is 16.5. The van der Waals surface area contributed by atoms with Crippen molar-refractivity contribution in [2.24, 2.45) is 0 Å². The minimum atomic E-state index is -0.835. The van der Waals surface area contributed by atoms with Crippen LogP contribution in [0.25, 0.3) is 0 Å². The molecule has 0 aliphatic carbocycles. The van der Waals surface area contributed by atoms with Crippen LogP contribution in [-0.2, 0) is 16.0 Å². The Morgan fingerprint density at radius 1 is 1.09 bits per heavy atom. The summed E-state index contributed by atoms with van der Waals surface area (Å²) in [7, 11) is 0. The van der Waals surface area contributed by atoms with E-state index < -0.39 is 12.1 Å². The van der Waals surface area contributed by atoms with Gasteiger partial charge in [0, 0.05) is 6.42 Å². The van der Waals surface area contributed by atoms with Gasteiger partial charge in [-0.1, -0.05) is 55.1 Å². The summed E-state index contributed by atoms with van der Waals surface area (Å²) in [5.41, 5.74) is 1.33. The first-order valence-electron chi connectivity index (χ1n) is 7.27. The van der Waals surface area contributed by atoms with Crippen molar-refractivity contribution >= 4 is 12.3 Å². The van der Waals surface area contributed by atoms with E-state index in [1.165, 1.54) is 6.08 Å². The molecule has 2 aromatic rings. The lowest BCUT2D eigenvalue weighted by atomic mass is 10.1. The maximum absolute atomic E-state index is 12.2. The van der Waals surface area contributed by atoms with Crippen molar-refractivity contribution in [3.05, 3.63) is 78.4 Å². The molecule has 118 valence electrons. The molecule has 4 nitrogen and oxygen atoms in total. The molecular formula is C19H18O4. The second-order valence-corrected chi connectivity index (χ2v) is 4.87. The summed E-state index contributed by atoms with van der Waals surface area (Å²) in [6.07, 6.45) is 1.71. The minimum absolute atomic E-state index is 0.114. The zero-order valence-corrected chi connectivity index (χ0v) is 12.7. The van der Waals surface area contributed by atoms with E-state index in [2.05, 4.69) is 6.58 Å². The number of para-hydroxylation sites is 1. The summed E-state index contributed by atoms with van der Waals surface area (Å²) in [6, 6.07) is 16.3. The summed E-state index contributed by atoms with van der Waals surface area (Å²) < 4.78 is 10.9. The monoisotopic (exact) mass is 310 g/mol. The van der Waals surface area contributed by atoms with Gasteiger partial charge in [0.15, 0.2) is 12.4 Å². The van der Waals surface area contributed by atoms with Gasteiger partial charge in [0.25, 0.3) is 0 Å². The van der Waals surface area contributed by atoms with E-state index in [0.29, 0.717) is 24.0 Å². The average molecular weight is 310 g/mol. The van der Waals surface area contributed by atoms with E-state index in [0.717, 1.165) is 5.56 Å². The molecule has 0 aliphatic rings. The van der Waals surface area contributed by atoms with E-state index in [-0.39, 0.29) is 6.61 Å². The SMILES string of the molecule is C=CCOC(=O)[C@@H](Cc1ccccc1)Oc1ccccc1C=O. The molecule has 4 heteroatoms. The number of benzene rings is 2. The Hall–Kier alpha value is -2.88. The molecule has 0 unspecified atom stereocenters. The summed E-state index contributed by atoms with van der Waals surface area (Å²) in [5, 5.41) is 0. The minimum Gasteiger partial charge on any atom is -0.478 e. The molecule has 0 radical (unpaired) electrons. The number of hydrogen-bond acceptors (Lipinski definition) is 4. The van der Waals surface area contributed by atoms with E-state index >= 15 is 0 Å². The van der Waals surface area contributed by atoms with Gasteiger partial charge in [-0.2, -0.15) is 0 Å². The summed E-state index contributed by atoms with van der Waals surface area (Å²) >= 11 is 0. The van der Waals surface area contributed by atoms with Crippen LogP contribution < -0.4 is 4.74 Å². The molecule has 2 aromatic carbocycles. The van der Waals surface area contributed by atoms with Crippen molar-refractivity contribution in [3.63, 3.8) is 0 Å². The van der Waals surface area contributed by atoms with Crippen LogP contribution in [0.4, 0.5) is 0 Å². The number of esters is 1. The van der Waals surface area contributed by atoms with Crippen molar-refractivity contribution in [2.45, 2.75) is 12.5 Å². The van der Waals surface area contributed by atoms with Gasteiger partial charge in [-0.3, -0.25) is 4.79 Å². The first-order valence-corrected chi connectivity index (χ1v) is 7.27. The van der Waals surface area contributed by atoms with E-state index in [1.54, 1.807) is 24.3 Å². The highest BCUT2D eigenvalue weighted by atomic mass is 16.6. The van der Waals surface area contributed by atoms with Crippen LogP contribution in [0.5, 0.6) is 5.75 Å². The Morgan fingerprint density at radius 3 is 2.48 bits per heavy atom. The van der Waals surface area contributed by atoms with Crippen molar-refractivity contribution in [1.29, 1.82) is 0 Å². The first-order chi connectivity index (χ1) is 11.2. The first kappa shape index (κ1) is 16.5. The smallest absolute Gasteiger partial charge is 0.347 e. The van der Waals surface area contributed by atoms with Crippen LogP contribution in [0.2, 0.25) is 0 Å². The molecule has 0 saturated carbocycles. The lowest BCUT2D eigenvalue weighted by Crippen LogP contribution is -2.32. The van der Waals surface area contributed by atoms with Gasteiger partial charge >= 0.3 is 5.97 Å². The highest BCUT2D eigenvalue weighted by Gasteiger charge is 2.23. The number of rotatable bonds is 8. The normalized spacial score (nSPS) is 11.3. The van der Waals surface area contributed by atoms with Crippen LogP contribution in [0, 0.1) is 0 Å². The predicted octanol–water partition coefficient (Wildman–Crippen LogP) is 3.22. The van der Waals surface area contributed by atoms with Crippen molar-refractivity contribution < 1.29 is 19.1 Å². The van der Waals surface area contributed by atoms with Crippen LogP contribution >= 0.6 is 0 Å². The zero-order valence-electron chi connectivity index (χ0n) is 12.7. The Kier molecular flexibility index (Phi) is 6.12. The molecule has 0 aliphatic heterocycles. The Labute approximate surface area is 135 Å². The van der Waals surface area contributed by atoms with Crippen LogP contribution in [0.15, 0.2) is 67.3 Å². The van der Waals surface area contributed by atoms with Gasteiger partial charge in [0.2, 0.25) is 0 Å². The van der Waals surface area contributed by atoms with E-state index in [9.17, 15) is 9.59 Å². The maximum atomic E-state index is 12.2. The van der Waals surface area contributed by atoms with Crippen LogP contribution in [0.3, 0.4) is 0 Å². The molecule has 0 heterocycles. The molecule has 0 aromatic heterocycles. The number of carbonyl (C=O) groups is 2. The molecule has 2 rings (SSSR count). The third-order valence-electron chi connectivity index (χ3n) is 3.19. The Bertz CT molecular complexity index is 664. The number of carbonyl (C=O) groups excluding carboxylic acids is 2. The van der Waals surface area contributed by atoms with Gasteiger partial charge in [0.1, 0.15) is 12.4 Å². The van der Waals surface area contributed by atoms with Crippen molar-refractivity contribution in [3.8, 4) is 5.75 Å². The number of hydrogen-bond donors (Lipinski definition) is 0. The second kappa shape index (κ2) is 8.54. The average Bonchev–Trinajstić information content (AvgIpc) is 2.60. The fourth-order valence-electron chi connectivity index (χ4n) is 2.07. The summed E-state index contributed by atoms with van der Waals surface area (Å²) in [6.45, 7) is 3.64. The summed E-state index contributed by atoms with van der Waals surface area (Å²) in [5.74, 6) is -0.131. The predicted molar refractivity (Wildman–Crippen MR) is 87.5 cm³/mol. The molecule has 0 fully saturated rings. The van der Waals surface area contributed by atoms with Crippen LogP contribution in [0.1, 0.15) is 15.9 Å². The highest BCUT2D eigenvalue weighted by Crippen LogP contribution is 2.19. The molecule has 0 saturated heterocycles. The summed E-state index contributed by atoms with van der Waals surface area (Å²) in [4.78, 5) is 23.3. The van der Waals surface area contributed by atoms with Gasteiger partial charge in [-0.25, -0.2) is 4.79 Å². The fourth-order valence-corrected chi connectivity index (χ4v) is 2.07. The molecule has 1 atom stereocenters. The van der Waals surface area contributed by atoms with E-state index in [4.69, 9.17) is 9.47 Å². The van der Waals surface area contributed by atoms with E-state index in [1.807, 2.05) is 30.3 Å². The third-order valence-corrected chi connectivity index (χ3v) is 3.19. The number of ether oxygens (including phenoxy) is 2. The molecule has 23 heavy (non-hydrogen) atoms. The Morgan fingerprint density at radius 2 is 1.78 bits per heavy atom. The van der Waals surface area contributed by atoms with Gasteiger partial charge in [-0.05, 0) is 17.7 Å². The second-order valence-electron chi connectivity index (χ2n) is 4.87. The maximum Gasteiger partial charge on any atom is 0.347 e. The fraction of sp³-hybridized carbons (Fsp3) is 0.158. The molecule has 0 bridgehead atoms. The molecule has 0 amide bonds. The standard InChI is InChI=1S/C19H18O4/c1-2-12-22-19(21)18(13-15-8-4-3-5-9-15)23-17-11-7-6-10-16(17)14-20/h2-11,14,18H,1,12-13H2/t18-/m1/s1. The molecule has 0 spiro atoms. The lowest BCUT2D eigenvalue weighted by Gasteiger charge is -2.18. The third kappa shape index (κ3) is 4.81. The van der Waals surface area contributed by atoms with Gasteiger partial charge in [0.05, 0.1) is 5.56 Å². The van der Waals surface area contributed by atoms with Crippen molar-refractivity contribution in [1.82, 2.24) is 0 Å². The largest absolute Gasteiger partial charge is 0.478 e. The van der Waals surface area contributed by atoms with Gasteiger partial charge < -0.3 is 9.47 Å². The highest BCUT2D eigenvalue weighted by molar-refractivity contribution is 5.80. The van der Waals surface area contributed by atoms with Crippen LogP contribution in [-0.4, -0.2) is 25.0 Å².